The third-order valence-electron chi connectivity index (χ3n) is 4.08. The molecular formula is C20H22ClN3O2S2. The number of halogens is 1. The van der Waals surface area contributed by atoms with Crippen LogP contribution in [-0.2, 0) is 11.3 Å². The van der Waals surface area contributed by atoms with Gasteiger partial charge in [-0.25, -0.2) is 4.98 Å². The van der Waals surface area contributed by atoms with Crippen LogP contribution in [0.2, 0.25) is 5.15 Å². The predicted octanol–water partition coefficient (Wildman–Crippen LogP) is 5.39. The Kier molecular flexibility index (Phi) is 4.80. The second kappa shape index (κ2) is 9.52. The largest absolute Gasteiger partial charge is 0.483 e. The van der Waals surface area contributed by atoms with Crippen LogP contribution in [0.15, 0.2) is 35.7 Å². The van der Waals surface area contributed by atoms with Crippen molar-refractivity contribution < 1.29 is 18.1 Å². The molecule has 1 aliphatic rings. The Morgan fingerprint density at radius 3 is 3.00 bits per heavy atom. The lowest BCUT2D eigenvalue weighted by atomic mass is 9.87. The van der Waals surface area contributed by atoms with Gasteiger partial charge in [0.2, 0.25) is 0 Å². The van der Waals surface area contributed by atoms with E-state index in [-0.39, 0.29) is 11.6 Å². The Labute approximate surface area is 185 Å². The lowest BCUT2D eigenvalue weighted by Crippen LogP contribution is -2.29. The molecule has 0 aromatic carbocycles. The van der Waals surface area contributed by atoms with Crippen LogP contribution in [0.5, 0.6) is 0 Å². The van der Waals surface area contributed by atoms with Gasteiger partial charge in [0.25, 0.3) is 6.47 Å². The van der Waals surface area contributed by atoms with Crippen LogP contribution in [0, 0.1) is 6.92 Å². The zero-order valence-corrected chi connectivity index (χ0v) is 17.2. The minimum absolute atomic E-state index is 0.250. The van der Waals surface area contributed by atoms with Crippen molar-refractivity contribution in [3.8, 4) is 0 Å². The van der Waals surface area contributed by atoms with E-state index in [1.807, 2.05) is 17.5 Å². The van der Waals surface area contributed by atoms with Gasteiger partial charge in [0.05, 0.1) is 18.6 Å². The summed E-state index contributed by atoms with van der Waals surface area (Å²) in [6.45, 7) is 2.12. The molecule has 28 heavy (non-hydrogen) atoms. The zero-order valence-electron chi connectivity index (χ0n) is 20.8. The van der Waals surface area contributed by atoms with Gasteiger partial charge in [-0.1, -0.05) is 29.8 Å². The number of nitrogens with one attached hydrogen (secondary N) is 1. The molecule has 0 fully saturated rings. The fraction of sp³-hybridized carbons (Fsp3) is 0.300. The number of anilines is 1. The fourth-order valence-electron chi connectivity index (χ4n) is 2.82. The second-order valence-electron chi connectivity index (χ2n) is 5.84. The summed E-state index contributed by atoms with van der Waals surface area (Å²) in [6, 6.07) is 2.98. The number of thiophene rings is 2. The van der Waals surface area contributed by atoms with E-state index in [0.29, 0.717) is 22.5 Å². The van der Waals surface area contributed by atoms with Crippen molar-refractivity contribution in [2.24, 2.45) is 5.73 Å². The van der Waals surface area contributed by atoms with Gasteiger partial charge >= 0.3 is 0 Å². The van der Waals surface area contributed by atoms with Crippen LogP contribution in [-0.4, -0.2) is 22.6 Å². The van der Waals surface area contributed by atoms with E-state index in [4.69, 9.17) is 35.5 Å². The van der Waals surface area contributed by atoms with Crippen LogP contribution >= 0.6 is 34.3 Å². The normalized spacial score (nSPS) is 26.0. The van der Waals surface area contributed by atoms with Crippen LogP contribution in [0.4, 0.5) is 5.69 Å². The molecule has 0 spiro atoms. The summed E-state index contributed by atoms with van der Waals surface area (Å²) in [6.07, 6.45) is -4.61. The van der Waals surface area contributed by atoms with Gasteiger partial charge < -0.3 is 16.2 Å². The maximum Gasteiger partial charge on any atom is 0.290 e. The summed E-state index contributed by atoms with van der Waals surface area (Å²) in [5, 5.41) is 12.5. The highest BCUT2D eigenvalue weighted by molar-refractivity contribution is 7.20. The van der Waals surface area contributed by atoms with E-state index in [1.165, 1.54) is 11.3 Å². The third-order valence-corrected chi connectivity index (χ3v) is 6.55. The molecule has 3 heterocycles. The Balaban J connectivity index is 0.00000103. The minimum atomic E-state index is -2.32. The van der Waals surface area contributed by atoms with E-state index in [1.54, 1.807) is 24.3 Å². The molecule has 0 bridgehead atoms. The number of pyridine rings is 1. The van der Waals surface area contributed by atoms with Crippen LogP contribution in [0.3, 0.4) is 0 Å². The van der Waals surface area contributed by atoms with Crippen molar-refractivity contribution in [2.75, 3.05) is 5.32 Å². The summed E-state index contributed by atoms with van der Waals surface area (Å²) < 4.78 is 50.3. The Hall–Kier alpha value is -1.93. The standard InChI is InChI=1S/C19H20ClN3S2.CH2O2/c1-11-17-19(25-18(11)13-6-2-3-7-14(13)21)15(9-16(20)23-17)22-10-12-5-4-8-24-12;2-1-3/h2-5,8-9,13-14H,6-7,10,21H2,1H3,(H,22,23);1H,(H,2,3)/t13-,14-;/m0./s1/i2D,3D,6D2,7D2;. The predicted molar refractivity (Wildman–Crippen MR) is 119 cm³/mol. The smallest absolute Gasteiger partial charge is 0.290 e. The molecule has 2 atom stereocenters. The van der Waals surface area contributed by atoms with Gasteiger partial charge in [-0.2, -0.15) is 0 Å². The molecule has 4 N–H and O–H groups in total. The highest BCUT2D eigenvalue weighted by atomic mass is 35.5. The SMILES string of the molecule is O=CO.[2H]C1=C([2H])C([2H])([2H])[C@H](c2sc3c(NCc4cccs4)cc(Cl)nc3c2C)[C@@H](N)C1([2H])[2H]. The lowest BCUT2D eigenvalue weighted by molar-refractivity contribution is -0.122. The first kappa shape index (κ1) is 14.1. The maximum atomic E-state index is 8.51. The van der Waals surface area contributed by atoms with Crippen LogP contribution < -0.4 is 11.1 Å². The molecular weight excluding hydrogens is 414 g/mol. The summed E-state index contributed by atoms with van der Waals surface area (Å²) in [4.78, 5) is 14.4. The number of carbonyl (C=O) groups is 1. The van der Waals surface area contributed by atoms with Crippen LogP contribution in [0.25, 0.3) is 10.2 Å². The first-order chi connectivity index (χ1) is 15.9. The molecule has 0 aliphatic heterocycles. The molecule has 3 aromatic rings. The molecule has 0 saturated heterocycles. The molecule has 5 nitrogen and oxygen atoms in total. The number of aryl methyl sites for hydroxylation is 1. The highest BCUT2D eigenvalue weighted by Crippen LogP contribution is 2.42. The molecule has 148 valence electrons. The molecule has 0 saturated carbocycles. The molecule has 1 aliphatic carbocycles. The maximum absolute atomic E-state index is 8.51. The van der Waals surface area contributed by atoms with Crippen LogP contribution in [0.1, 0.15) is 42.2 Å². The van der Waals surface area contributed by atoms with E-state index in [2.05, 4.69) is 10.3 Å². The van der Waals surface area contributed by atoms with E-state index in [0.717, 1.165) is 15.3 Å². The Bertz CT molecular complexity index is 1230. The van der Waals surface area contributed by atoms with Crippen molar-refractivity contribution in [2.45, 2.75) is 38.2 Å². The average Bonchev–Trinajstić information content (AvgIpc) is 3.39. The Morgan fingerprint density at radius 2 is 2.29 bits per heavy atom. The van der Waals surface area contributed by atoms with Gasteiger partial charge in [0, 0.05) is 39.8 Å². The minimum Gasteiger partial charge on any atom is -0.483 e. The van der Waals surface area contributed by atoms with Gasteiger partial charge in [-0.3, -0.25) is 4.79 Å². The van der Waals surface area contributed by atoms with Crippen molar-refractivity contribution in [3.63, 3.8) is 0 Å². The Morgan fingerprint density at radius 1 is 1.54 bits per heavy atom. The number of fused-ring (bicyclic) bond motifs is 1. The summed E-state index contributed by atoms with van der Waals surface area (Å²) in [7, 11) is 0. The number of hydrogen-bond acceptors (Lipinski definition) is 6. The fourth-order valence-corrected chi connectivity index (χ4v) is 5.00. The molecule has 0 amide bonds. The second-order valence-corrected chi connectivity index (χ2v) is 8.31. The first-order valence-electron chi connectivity index (χ1n) is 11.3. The van der Waals surface area contributed by atoms with E-state index >= 15 is 0 Å². The summed E-state index contributed by atoms with van der Waals surface area (Å²) >= 11 is 9.16. The number of carboxylic acid groups (broad SMARTS) is 1. The highest BCUT2D eigenvalue weighted by Gasteiger charge is 2.26. The number of hydrogen-bond donors (Lipinski definition) is 3. The molecule has 4 rings (SSSR count). The monoisotopic (exact) mass is 441 g/mol. The van der Waals surface area contributed by atoms with Crippen molar-refractivity contribution >= 4 is 56.7 Å². The number of aromatic nitrogens is 1. The topological polar surface area (TPSA) is 88.2 Å². The summed E-state index contributed by atoms with van der Waals surface area (Å²) in [5.74, 6) is -1.13. The molecule has 0 radical (unpaired) electrons. The zero-order chi connectivity index (χ0) is 25.4. The van der Waals surface area contributed by atoms with Crippen molar-refractivity contribution in [1.82, 2.24) is 4.98 Å². The lowest BCUT2D eigenvalue weighted by Gasteiger charge is -2.24. The number of nitrogens with zero attached hydrogens (tertiary/aromatic N) is 1. The molecule has 8 heteroatoms. The van der Waals surface area contributed by atoms with Gasteiger partial charge in [-0.15, -0.1) is 22.7 Å². The van der Waals surface area contributed by atoms with Crippen molar-refractivity contribution in [1.29, 1.82) is 0 Å². The number of rotatable bonds is 4. The number of nitrogens with two attached hydrogens (primary N) is 1. The quantitative estimate of drug-likeness (QED) is 0.287. The average molecular weight is 442 g/mol. The van der Waals surface area contributed by atoms with E-state index in [9.17, 15) is 0 Å². The summed E-state index contributed by atoms with van der Waals surface area (Å²) in [5.41, 5.74) is 8.19. The van der Waals surface area contributed by atoms with Gasteiger partial charge in [-0.05, 0) is 36.7 Å². The van der Waals surface area contributed by atoms with Gasteiger partial charge in [0.1, 0.15) is 5.15 Å². The number of allylic oxidation sites excluding steroid dienone is 1. The molecule has 3 aromatic heterocycles. The first-order valence-corrected chi connectivity index (χ1v) is 10.3. The van der Waals surface area contributed by atoms with Gasteiger partial charge in [0.15, 0.2) is 0 Å². The van der Waals surface area contributed by atoms with Crippen molar-refractivity contribution in [3.05, 3.63) is 56.2 Å². The van der Waals surface area contributed by atoms with E-state index < -0.39 is 36.8 Å². The third kappa shape index (κ3) is 4.55. The molecule has 0 unspecified atom stereocenters.